The molecule has 2 aliphatic rings. The molecule has 1 aromatic carbocycles. The molecular formula is C13H18BrN3O2S. The van der Waals surface area contributed by atoms with E-state index in [1.165, 1.54) is 0 Å². The summed E-state index contributed by atoms with van der Waals surface area (Å²) in [5, 5.41) is 0. The van der Waals surface area contributed by atoms with Gasteiger partial charge in [0.2, 0.25) is 10.0 Å². The van der Waals surface area contributed by atoms with Crippen molar-refractivity contribution in [1.82, 2.24) is 15.6 Å². The normalized spacial score (nSPS) is 30.1. The SMILES string of the molecule is O=S(=O)(NC1CCCC2CNNC21)c1ccccc1Br. The standard InChI is InChI=1S/C13H18BrN3O2S/c14-10-5-1-2-7-12(10)20(18,19)17-11-6-3-4-9-8-15-16-13(9)11/h1-2,5,7,9,11,13,15-17H,3-4,6,8H2. The number of rotatable bonds is 3. The zero-order chi connectivity index (χ0) is 14.2. The van der Waals surface area contributed by atoms with Gasteiger partial charge in [-0.25, -0.2) is 13.1 Å². The zero-order valence-electron chi connectivity index (χ0n) is 11.0. The maximum Gasteiger partial charge on any atom is 0.241 e. The predicted octanol–water partition coefficient (Wildman–Crippen LogP) is 1.37. The first kappa shape index (κ1) is 14.5. The van der Waals surface area contributed by atoms with Gasteiger partial charge in [-0.15, -0.1) is 0 Å². The average molecular weight is 360 g/mol. The van der Waals surface area contributed by atoms with Crippen molar-refractivity contribution in [2.75, 3.05) is 6.54 Å². The molecule has 3 unspecified atom stereocenters. The Hall–Kier alpha value is -0.470. The smallest absolute Gasteiger partial charge is 0.241 e. The van der Waals surface area contributed by atoms with Crippen LogP contribution in [-0.4, -0.2) is 27.0 Å². The highest BCUT2D eigenvalue weighted by Crippen LogP contribution is 2.28. The van der Waals surface area contributed by atoms with Crippen LogP contribution in [-0.2, 0) is 10.0 Å². The molecule has 7 heteroatoms. The molecule has 1 heterocycles. The molecule has 3 atom stereocenters. The number of benzene rings is 1. The molecule has 3 N–H and O–H groups in total. The average Bonchev–Trinajstić information content (AvgIpc) is 2.88. The first-order chi connectivity index (χ1) is 9.58. The van der Waals surface area contributed by atoms with Crippen LogP contribution < -0.4 is 15.6 Å². The minimum atomic E-state index is -3.49. The second-order valence-electron chi connectivity index (χ2n) is 5.40. The van der Waals surface area contributed by atoms with Gasteiger partial charge in [0.05, 0.1) is 4.90 Å². The molecule has 1 aliphatic heterocycles. The lowest BCUT2D eigenvalue weighted by atomic mass is 9.83. The van der Waals surface area contributed by atoms with Crippen molar-refractivity contribution in [2.45, 2.75) is 36.2 Å². The third kappa shape index (κ3) is 2.78. The van der Waals surface area contributed by atoms with Crippen LogP contribution in [0.25, 0.3) is 0 Å². The molecule has 1 aliphatic carbocycles. The van der Waals surface area contributed by atoms with Crippen molar-refractivity contribution in [1.29, 1.82) is 0 Å². The van der Waals surface area contributed by atoms with Crippen molar-refractivity contribution in [3.8, 4) is 0 Å². The Kier molecular flexibility index (Phi) is 4.14. The molecule has 1 saturated heterocycles. The molecule has 1 aromatic rings. The molecule has 1 saturated carbocycles. The van der Waals surface area contributed by atoms with Gasteiger partial charge < -0.3 is 0 Å². The first-order valence-corrected chi connectivity index (χ1v) is 9.11. The van der Waals surface area contributed by atoms with E-state index in [2.05, 4.69) is 31.5 Å². The molecule has 110 valence electrons. The van der Waals surface area contributed by atoms with Gasteiger partial charge in [0.25, 0.3) is 0 Å². The second-order valence-corrected chi connectivity index (χ2v) is 7.94. The van der Waals surface area contributed by atoms with Crippen LogP contribution in [0.2, 0.25) is 0 Å². The molecule has 0 spiro atoms. The van der Waals surface area contributed by atoms with Gasteiger partial charge in [0.15, 0.2) is 0 Å². The Morgan fingerprint density at radius 1 is 1.25 bits per heavy atom. The van der Waals surface area contributed by atoms with Gasteiger partial charge in [0, 0.05) is 23.1 Å². The fourth-order valence-corrected chi connectivity index (χ4v) is 5.40. The van der Waals surface area contributed by atoms with Crippen LogP contribution in [0.4, 0.5) is 0 Å². The third-order valence-electron chi connectivity index (χ3n) is 4.10. The van der Waals surface area contributed by atoms with E-state index in [1.54, 1.807) is 18.2 Å². The van der Waals surface area contributed by atoms with Gasteiger partial charge in [-0.1, -0.05) is 18.6 Å². The molecule has 20 heavy (non-hydrogen) atoms. The van der Waals surface area contributed by atoms with Crippen LogP contribution in [0, 0.1) is 5.92 Å². The highest BCUT2D eigenvalue weighted by Gasteiger charge is 2.38. The fraction of sp³-hybridized carbons (Fsp3) is 0.538. The highest BCUT2D eigenvalue weighted by atomic mass is 79.9. The van der Waals surface area contributed by atoms with E-state index in [-0.39, 0.29) is 12.1 Å². The molecule has 3 rings (SSSR count). The lowest BCUT2D eigenvalue weighted by Crippen LogP contribution is -2.52. The van der Waals surface area contributed by atoms with Crippen molar-refractivity contribution < 1.29 is 8.42 Å². The number of hydrogen-bond acceptors (Lipinski definition) is 4. The van der Waals surface area contributed by atoms with Gasteiger partial charge in [-0.3, -0.25) is 10.9 Å². The zero-order valence-corrected chi connectivity index (χ0v) is 13.4. The Bertz CT molecular complexity index is 593. The van der Waals surface area contributed by atoms with Crippen LogP contribution in [0.5, 0.6) is 0 Å². The van der Waals surface area contributed by atoms with Crippen LogP contribution in [0.15, 0.2) is 33.6 Å². The van der Waals surface area contributed by atoms with E-state index in [0.29, 0.717) is 15.3 Å². The first-order valence-electron chi connectivity index (χ1n) is 6.83. The Labute approximate surface area is 127 Å². The van der Waals surface area contributed by atoms with Crippen LogP contribution >= 0.6 is 15.9 Å². The summed E-state index contributed by atoms with van der Waals surface area (Å²) in [5.74, 6) is 0.510. The third-order valence-corrected chi connectivity index (χ3v) is 6.60. The fourth-order valence-electron chi connectivity index (χ4n) is 3.10. The second kappa shape index (κ2) is 5.73. The maximum atomic E-state index is 12.5. The minimum Gasteiger partial charge on any atom is -0.257 e. The Morgan fingerprint density at radius 3 is 2.85 bits per heavy atom. The van der Waals surface area contributed by atoms with E-state index in [9.17, 15) is 8.42 Å². The van der Waals surface area contributed by atoms with Crippen molar-refractivity contribution in [3.63, 3.8) is 0 Å². The summed E-state index contributed by atoms with van der Waals surface area (Å²) in [6.45, 7) is 0.915. The maximum absolute atomic E-state index is 12.5. The summed E-state index contributed by atoms with van der Waals surface area (Å²) < 4.78 is 28.5. The number of nitrogens with one attached hydrogen (secondary N) is 3. The number of fused-ring (bicyclic) bond motifs is 1. The summed E-state index contributed by atoms with van der Waals surface area (Å²) in [4.78, 5) is 0.299. The number of hydrazine groups is 1. The summed E-state index contributed by atoms with van der Waals surface area (Å²) in [6.07, 6.45) is 3.09. The molecule has 0 aromatic heterocycles. The Balaban J connectivity index is 1.81. The van der Waals surface area contributed by atoms with Crippen LogP contribution in [0.3, 0.4) is 0 Å². The molecular weight excluding hydrogens is 342 g/mol. The van der Waals surface area contributed by atoms with E-state index >= 15 is 0 Å². The molecule has 5 nitrogen and oxygen atoms in total. The van der Waals surface area contributed by atoms with Gasteiger partial charge in [-0.2, -0.15) is 0 Å². The van der Waals surface area contributed by atoms with E-state index < -0.39 is 10.0 Å². The predicted molar refractivity (Wildman–Crippen MR) is 80.5 cm³/mol. The summed E-state index contributed by atoms with van der Waals surface area (Å²) in [7, 11) is -3.49. The highest BCUT2D eigenvalue weighted by molar-refractivity contribution is 9.10. The van der Waals surface area contributed by atoms with Gasteiger partial charge >= 0.3 is 0 Å². The topological polar surface area (TPSA) is 70.2 Å². The molecule has 2 fully saturated rings. The van der Waals surface area contributed by atoms with E-state index in [4.69, 9.17) is 0 Å². The van der Waals surface area contributed by atoms with Crippen molar-refractivity contribution in [3.05, 3.63) is 28.7 Å². The summed E-state index contributed by atoms with van der Waals surface area (Å²) >= 11 is 3.31. The molecule has 0 amide bonds. The molecule has 0 radical (unpaired) electrons. The lowest BCUT2D eigenvalue weighted by Gasteiger charge is -2.33. The quantitative estimate of drug-likeness (QED) is 0.762. The van der Waals surface area contributed by atoms with E-state index in [1.807, 2.05) is 6.07 Å². The Morgan fingerprint density at radius 2 is 2.05 bits per heavy atom. The van der Waals surface area contributed by atoms with E-state index in [0.717, 1.165) is 25.8 Å². The largest absolute Gasteiger partial charge is 0.257 e. The number of sulfonamides is 1. The van der Waals surface area contributed by atoms with Crippen LogP contribution in [0.1, 0.15) is 19.3 Å². The minimum absolute atomic E-state index is 0.0548. The summed E-state index contributed by atoms with van der Waals surface area (Å²) in [5.41, 5.74) is 6.35. The number of hydrogen-bond donors (Lipinski definition) is 3. The molecule has 0 bridgehead atoms. The van der Waals surface area contributed by atoms with Crippen molar-refractivity contribution >= 4 is 26.0 Å². The van der Waals surface area contributed by atoms with Crippen molar-refractivity contribution in [2.24, 2.45) is 5.92 Å². The summed E-state index contributed by atoms with van der Waals surface area (Å²) in [6, 6.07) is 7.03. The monoisotopic (exact) mass is 359 g/mol. The number of halogens is 1. The van der Waals surface area contributed by atoms with Gasteiger partial charge in [0.1, 0.15) is 0 Å². The van der Waals surface area contributed by atoms with Gasteiger partial charge in [-0.05, 0) is 46.8 Å². The lowest BCUT2D eigenvalue weighted by molar-refractivity contribution is 0.279.